The Hall–Kier alpha value is -0.730. The molecule has 0 spiro atoms. The van der Waals surface area contributed by atoms with Gasteiger partial charge in [-0.05, 0) is 37.5 Å². The first-order chi connectivity index (χ1) is 6.63. The maximum absolute atomic E-state index is 9.14. The molecule has 0 aliphatic rings. The van der Waals surface area contributed by atoms with Gasteiger partial charge in [-0.2, -0.15) is 0 Å². The van der Waals surface area contributed by atoms with Crippen LogP contribution in [0.5, 0.6) is 5.75 Å². The van der Waals surface area contributed by atoms with Gasteiger partial charge in [0.05, 0.1) is 18.2 Å². The molecule has 2 nitrogen and oxygen atoms in total. The van der Waals surface area contributed by atoms with Gasteiger partial charge in [0.15, 0.2) is 0 Å². The minimum absolute atomic E-state index is 0.267. The van der Waals surface area contributed by atoms with E-state index < -0.39 is 0 Å². The molecule has 3 heteroatoms. The first-order valence-corrected chi connectivity index (χ1v) is 5.01. The van der Waals surface area contributed by atoms with Gasteiger partial charge in [0.1, 0.15) is 5.75 Å². The molecule has 78 valence electrons. The van der Waals surface area contributed by atoms with Crippen molar-refractivity contribution >= 4 is 11.6 Å². The van der Waals surface area contributed by atoms with Crippen LogP contribution in [0.25, 0.3) is 0 Å². The van der Waals surface area contributed by atoms with Crippen LogP contribution in [0.3, 0.4) is 0 Å². The standard InChI is InChI=1S/C11H15ClO2/c1-8(13)3-4-9-5-6-10(12)11(7-9)14-2/h5-8,13H,3-4H2,1-2H3/t8-/m0/s1. The molecule has 0 fully saturated rings. The van der Waals surface area contributed by atoms with Crippen molar-refractivity contribution in [2.24, 2.45) is 0 Å². The highest BCUT2D eigenvalue weighted by Crippen LogP contribution is 2.25. The number of methoxy groups -OCH3 is 1. The molecular formula is C11H15ClO2. The van der Waals surface area contributed by atoms with Crippen molar-refractivity contribution < 1.29 is 9.84 Å². The maximum Gasteiger partial charge on any atom is 0.137 e. The lowest BCUT2D eigenvalue weighted by molar-refractivity contribution is 0.185. The Balaban J connectivity index is 2.69. The van der Waals surface area contributed by atoms with Crippen molar-refractivity contribution in [3.8, 4) is 5.75 Å². The van der Waals surface area contributed by atoms with Gasteiger partial charge in [0, 0.05) is 0 Å². The molecule has 0 heterocycles. The quantitative estimate of drug-likeness (QED) is 0.835. The number of rotatable bonds is 4. The number of hydrogen-bond donors (Lipinski definition) is 1. The van der Waals surface area contributed by atoms with E-state index in [1.165, 1.54) is 0 Å². The molecular weight excluding hydrogens is 200 g/mol. The fraction of sp³-hybridized carbons (Fsp3) is 0.455. The van der Waals surface area contributed by atoms with Crippen LogP contribution >= 0.6 is 11.6 Å². The Bertz CT molecular complexity index is 297. The molecule has 0 saturated heterocycles. The highest BCUT2D eigenvalue weighted by atomic mass is 35.5. The Labute approximate surface area is 89.5 Å². The molecule has 14 heavy (non-hydrogen) atoms. The van der Waals surface area contributed by atoms with Gasteiger partial charge in [-0.1, -0.05) is 17.7 Å². The SMILES string of the molecule is COc1cc(CC[C@H](C)O)ccc1Cl. The van der Waals surface area contributed by atoms with Crippen molar-refractivity contribution in [2.45, 2.75) is 25.9 Å². The lowest BCUT2D eigenvalue weighted by atomic mass is 10.1. The molecule has 0 saturated carbocycles. The molecule has 1 atom stereocenters. The molecule has 0 amide bonds. The van der Waals surface area contributed by atoms with Crippen molar-refractivity contribution in [2.75, 3.05) is 7.11 Å². The molecule has 0 aromatic heterocycles. The van der Waals surface area contributed by atoms with Crippen LogP contribution in [0, 0.1) is 0 Å². The van der Waals surface area contributed by atoms with E-state index in [9.17, 15) is 0 Å². The third-order valence-electron chi connectivity index (χ3n) is 2.07. The number of ether oxygens (including phenoxy) is 1. The van der Waals surface area contributed by atoms with Gasteiger partial charge in [0.25, 0.3) is 0 Å². The highest BCUT2D eigenvalue weighted by molar-refractivity contribution is 6.32. The van der Waals surface area contributed by atoms with Crippen LogP contribution in [0.4, 0.5) is 0 Å². The molecule has 0 unspecified atom stereocenters. The summed E-state index contributed by atoms with van der Waals surface area (Å²) in [6, 6.07) is 5.68. The van der Waals surface area contributed by atoms with Crippen LogP contribution in [0.15, 0.2) is 18.2 Å². The van der Waals surface area contributed by atoms with E-state index in [1.54, 1.807) is 14.0 Å². The topological polar surface area (TPSA) is 29.5 Å². The third kappa shape index (κ3) is 3.20. The van der Waals surface area contributed by atoms with E-state index in [1.807, 2.05) is 18.2 Å². The number of benzene rings is 1. The highest BCUT2D eigenvalue weighted by Gasteiger charge is 2.03. The molecule has 1 rings (SSSR count). The summed E-state index contributed by atoms with van der Waals surface area (Å²) in [4.78, 5) is 0. The van der Waals surface area contributed by atoms with Crippen molar-refractivity contribution in [3.05, 3.63) is 28.8 Å². The number of hydrogen-bond acceptors (Lipinski definition) is 2. The van der Waals surface area contributed by atoms with Gasteiger partial charge in [-0.25, -0.2) is 0 Å². The molecule has 0 bridgehead atoms. The summed E-state index contributed by atoms with van der Waals surface area (Å²) in [6.07, 6.45) is 1.33. The first kappa shape index (κ1) is 11.3. The molecule has 0 aliphatic carbocycles. The molecule has 1 N–H and O–H groups in total. The van der Waals surface area contributed by atoms with E-state index >= 15 is 0 Å². The number of aliphatic hydroxyl groups is 1. The maximum atomic E-state index is 9.14. The summed E-state index contributed by atoms with van der Waals surface area (Å²) in [5, 5.41) is 9.76. The number of aryl methyl sites for hydroxylation is 1. The Morgan fingerprint density at radius 3 is 2.79 bits per heavy atom. The van der Waals surface area contributed by atoms with Crippen LogP contribution in [-0.2, 0) is 6.42 Å². The Morgan fingerprint density at radius 1 is 1.50 bits per heavy atom. The van der Waals surface area contributed by atoms with E-state index in [4.69, 9.17) is 21.4 Å². The fourth-order valence-corrected chi connectivity index (χ4v) is 1.43. The summed E-state index contributed by atoms with van der Waals surface area (Å²) >= 11 is 5.88. The summed E-state index contributed by atoms with van der Waals surface area (Å²) in [5.74, 6) is 0.690. The molecule has 0 radical (unpaired) electrons. The van der Waals surface area contributed by atoms with Gasteiger partial charge >= 0.3 is 0 Å². The predicted molar refractivity (Wildman–Crippen MR) is 58.0 cm³/mol. The second-order valence-corrected chi connectivity index (χ2v) is 3.76. The fourth-order valence-electron chi connectivity index (χ4n) is 1.24. The van der Waals surface area contributed by atoms with Crippen LogP contribution in [0.2, 0.25) is 5.02 Å². The summed E-state index contributed by atoms with van der Waals surface area (Å²) in [7, 11) is 1.60. The zero-order chi connectivity index (χ0) is 10.6. The normalized spacial score (nSPS) is 12.6. The first-order valence-electron chi connectivity index (χ1n) is 4.64. The lowest BCUT2D eigenvalue weighted by Gasteiger charge is -2.07. The average Bonchev–Trinajstić information content (AvgIpc) is 2.16. The predicted octanol–water partition coefficient (Wildman–Crippen LogP) is 2.66. The second kappa shape index (κ2) is 5.23. The zero-order valence-electron chi connectivity index (χ0n) is 8.46. The summed E-state index contributed by atoms with van der Waals surface area (Å²) < 4.78 is 5.10. The van der Waals surface area contributed by atoms with Gasteiger partial charge in [-0.15, -0.1) is 0 Å². The Morgan fingerprint density at radius 2 is 2.21 bits per heavy atom. The van der Waals surface area contributed by atoms with E-state index in [2.05, 4.69) is 0 Å². The van der Waals surface area contributed by atoms with Crippen molar-refractivity contribution in [1.82, 2.24) is 0 Å². The third-order valence-corrected chi connectivity index (χ3v) is 2.38. The van der Waals surface area contributed by atoms with Gasteiger partial charge in [0.2, 0.25) is 0 Å². The van der Waals surface area contributed by atoms with Crippen LogP contribution in [0.1, 0.15) is 18.9 Å². The smallest absolute Gasteiger partial charge is 0.137 e. The minimum atomic E-state index is -0.267. The summed E-state index contributed by atoms with van der Waals surface area (Å²) in [5.41, 5.74) is 1.13. The summed E-state index contributed by atoms with van der Waals surface area (Å²) in [6.45, 7) is 1.78. The lowest BCUT2D eigenvalue weighted by Crippen LogP contribution is -2.01. The second-order valence-electron chi connectivity index (χ2n) is 3.36. The average molecular weight is 215 g/mol. The monoisotopic (exact) mass is 214 g/mol. The van der Waals surface area contributed by atoms with Crippen molar-refractivity contribution in [3.63, 3.8) is 0 Å². The number of aliphatic hydroxyl groups excluding tert-OH is 1. The van der Waals surface area contributed by atoms with Crippen molar-refractivity contribution in [1.29, 1.82) is 0 Å². The van der Waals surface area contributed by atoms with Gasteiger partial charge < -0.3 is 9.84 Å². The zero-order valence-corrected chi connectivity index (χ0v) is 9.21. The van der Waals surface area contributed by atoms with E-state index in [-0.39, 0.29) is 6.10 Å². The molecule has 0 aliphatic heterocycles. The minimum Gasteiger partial charge on any atom is -0.495 e. The largest absolute Gasteiger partial charge is 0.495 e. The van der Waals surface area contributed by atoms with Crippen LogP contribution < -0.4 is 4.74 Å². The molecule has 1 aromatic rings. The van der Waals surface area contributed by atoms with E-state index in [0.29, 0.717) is 10.8 Å². The van der Waals surface area contributed by atoms with E-state index in [0.717, 1.165) is 18.4 Å². The number of halogens is 1. The van der Waals surface area contributed by atoms with Gasteiger partial charge in [-0.3, -0.25) is 0 Å². The molecule has 1 aromatic carbocycles. The Kier molecular flexibility index (Phi) is 4.23. The van der Waals surface area contributed by atoms with Crippen LogP contribution in [-0.4, -0.2) is 18.3 Å².